The summed E-state index contributed by atoms with van der Waals surface area (Å²) in [6.07, 6.45) is 0. The van der Waals surface area contributed by atoms with Crippen molar-refractivity contribution in [3.63, 3.8) is 0 Å². The summed E-state index contributed by atoms with van der Waals surface area (Å²) in [7, 11) is -4.06. The van der Waals surface area contributed by atoms with Gasteiger partial charge in [-0.1, -0.05) is 78.4 Å². The van der Waals surface area contributed by atoms with Gasteiger partial charge in [0.05, 0.1) is 10.9 Å². The molecule has 3 aromatic rings. The minimum atomic E-state index is -4.06. The monoisotopic (exact) mass is 516 g/mol. The lowest BCUT2D eigenvalue weighted by Crippen LogP contribution is -2.30. The number of sulfone groups is 1. The zero-order chi connectivity index (χ0) is 26.4. The van der Waals surface area contributed by atoms with Gasteiger partial charge >= 0.3 is 0 Å². The molecule has 2 aliphatic heterocycles. The van der Waals surface area contributed by atoms with Crippen molar-refractivity contribution in [2.75, 3.05) is 0 Å². The van der Waals surface area contributed by atoms with Crippen molar-refractivity contribution in [2.45, 2.75) is 62.8 Å². The van der Waals surface area contributed by atoms with E-state index >= 15 is 0 Å². The molecule has 0 aliphatic carbocycles. The molecule has 0 spiro atoms. The molecule has 37 heavy (non-hydrogen) atoms. The van der Waals surface area contributed by atoms with Gasteiger partial charge in [0.25, 0.3) is 0 Å². The third-order valence-corrected chi connectivity index (χ3v) is 8.64. The van der Waals surface area contributed by atoms with Crippen LogP contribution in [0.25, 0.3) is 0 Å². The Morgan fingerprint density at radius 3 is 1.95 bits per heavy atom. The second-order valence-electron chi connectivity index (χ2n) is 10.6. The van der Waals surface area contributed by atoms with Gasteiger partial charge in [-0.05, 0) is 57.9 Å². The average molecular weight is 517 g/mol. The van der Waals surface area contributed by atoms with Crippen LogP contribution in [0.1, 0.15) is 56.5 Å². The molecule has 192 valence electrons. The van der Waals surface area contributed by atoms with Crippen LogP contribution in [0.3, 0.4) is 0 Å². The van der Waals surface area contributed by atoms with Gasteiger partial charge in [0.1, 0.15) is 17.2 Å². The number of nitrogens with one attached hydrogen (secondary N) is 1. The molecule has 5 rings (SSSR count). The van der Waals surface area contributed by atoms with E-state index in [0.29, 0.717) is 0 Å². The van der Waals surface area contributed by atoms with Gasteiger partial charge < -0.3 is 14.8 Å². The Morgan fingerprint density at radius 2 is 1.35 bits per heavy atom. The molecule has 1 fully saturated rings. The highest BCUT2D eigenvalue weighted by molar-refractivity contribution is 7.96. The fraction of sp³-hybridized carbons (Fsp3) is 0.300. The molecule has 1 N–H and O–H groups in total. The van der Waals surface area contributed by atoms with Crippen LogP contribution in [0.15, 0.2) is 106 Å². The highest BCUT2D eigenvalue weighted by Crippen LogP contribution is 2.44. The Labute approximate surface area is 219 Å². The van der Waals surface area contributed by atoms with Gasteiger partial charge in [0, 0.05) is 0 Å². The van der Waals surface area contributed by atoms with Crippen molar-refractivity contribution < 1.29 is 17.9 Å². The van der Waals surface area contributed by atoms with E-state index in [1.165, 1.54) is 0 Å². The largest absolute Gasteiger partial charge is 0.470 e. The molecule has 0 saturated carbocycles. The van der Waals surface area contributed by atoms with Gasteiger partial charge in [0.2, 0.25) is 21.6 Å². The van der Waals surface area contributed by atoms with Gasteiger partial charge in [-0.2, -0.15) is 0 Å². The zero-order valence-corrected chi connectivity index (χ0v) is 22.5. The molecule has 2 heterocycles. The van der Waals surface area contributed by atoms with Crippen molar-refractivity contribution >= 4 is 15.7 Å². The standard InChI is InChI=1S/C30H32N2O4S/c1-20-16-18-23(19-17-20)37(33,34)24(27-31-25(29(2,3)35-27)21-12-8-6-9-13-21)28-32-26(30(4,5)36-28)22-14-10-7-11-15-22/h6-19,25-26,31H,1-5H3/b27-24+/t25-,26-/m0/s1. The van der Waals surface area contributed by atoms with Gasteiger partial charge in [-0.25, -0.2) is 13.4 Å². The minimum absolute atomic E-state index is 0.0476. The summed E-state index contributed by atoms with van der Waals surface area (Å²) in [6.45, 7) is 9.63. The van der Waals surface area contributed by atoms with E-state index in [1.807, 2.05) is 95.3 Å². The maximum Gasteiger partial charge on any atom is 0.235 e. The van der Waals surface area contributed by atoms with E-state index < -0.39 is 21.0 Å². The quantitative estimate of drug-likeness (QED) is 0.448. The third kappa shape index (κ3) is 4.64. The number of ether oxygens (including phenoxy) is 2. The third-order valence-electron chi connectivity index (χ3n) is 6.85. The maximum atomic E-state index is 14.2. The zero-order valence-electron chi connectivity index (χ0n) is 21.7. The van der Waals surface area contributed by atoms with E-state index in [1.54, 1.807) is 24.3 Å². The van der Waals surface area contributed by atoms with Crippen LogP contribution in [0.5, 0.6) is 0 Å². The molecule has 0 unspecified atom stereocenters. The fourth-order valence-electron chi connectivity index (χ4n) is 4.89. The number of hydrogen-bond acceptors (Lipinski definition) is 6. The van der Waals surface area contributed by atoms with Crippen LogP contribution < -0.4 is 5.32 Å². The normalized spacial score (nSPS) is 23.4. The molecule has 6 nitrogen and oxygen atoms in total. The lowest BCUT2D eigenvalue weighted by molar-refractivity contribution is 0.0623. The Morgan fingerprint density at radius 1 is 0.784 bits per heavy atom. The van der Waals surface area contributed by atoms with E-state index in [9.17, 15) is 8.42 Å². The molecule has 3 aromatic carbocycles. The van der Waals surface area contributed by atoms with E-state index in [-0.39, 0.29) is 33.7 Å². The highest BCUT2D eigenvalue weighted by Gasteiger charge is 2.48. The van der Waals surface area contributed by atoms with Crippen LogP contribution in [0.4, 0.5) is 0 Å². The molecule has 0 amide bonds. The Bertz CT molecular complexity index is 1460. The molecule has 7 heteroatoms. The van der Waals surface area contributed by atoms with Crippen LogP contribution in [-0.2, 0) is 19.3 Å². The van der Waals surface area contributed by atoms with Crippen molar-refractivity contribution in [3.05, 3.63) is 112 Å². The minimum Gasteiger partial charge on any atom is -0.470 e. The van der Waals surface area contributed by atoms with Crippen molar-refractivity contribution in [1.82, 2.24) is 5.32 Å². The second kappa shape index (κ2) is 9.06. The Balaban J connectivity index is 1.68. The number of aryl methyl sites for hydroxylation is 1. The smallest absolute Gasteiger partial charge is 0.235 e. The van der Waals surface area contributed by atoms with Crippen LogP contribution in [0.2, 0.25) is 0 Å². The van der Waals surface area contributed by atoms with Crippen LogP contribution in [0, 0.1) is 6.92 Å². The lowest BCUT2D eigenvalue weighted by Gasteiger charge is -2.25. The first-order chi connectivity index (χ1) is 17.5. The SMILES string of the molecule is Cc1ccc(S(=O)(=O)/C(C2=N[C@@H](c3ccccc3)C(C)(C)O2)=C2\N[C@@H](c3ccccc3)C(C)(C)O2)cc1. The summed E-state index contributed by atoms with van der Waals surface area (Å²) < 4.78 is 41.1. The topological polar surface area (TPSA) is 77.0 Å². The second-order valence-corrected chi connectivity index (χ2v) is 12.5. The van der Waals surface area contributed by atoms with Crippen molar-refractivity contribution in [3.8, 4) is 0 Å². The molecule has 0 aromatic heterocycles. The van der Waals surface area contributed by atoms with Gasteiger partial charge in [-0.3, -0.25) is 0 Å². The average Bonchev–Trinajstić information content (AvgIpc) is 3.34. The maximum absolute atomic E-state index is 14.2. The van der Waals surface area contributed by atoms with E-state index in [4.69, 9.17) is 14.5 Å². The summed E-state index contributed by atoms with van der Waals surface area (Å²) in [5.74, 6) is 0.189. The summed E-state index contributed by atoms with van der Waals surface area (Å²) in [6, 6.07) is 25.7. The summed E-state index contributed by atoms with van der Waals surface area (Å²) in [5.41, 5.74) is 1.42. The van der Waals surface area contributed by atoms with Crippen molar-refractivity contribution in [2.24, 2.45) is 4.99 Å². The molecule has 2 atom stereocenters. The van der Waals surface area contributed by atoms with Crippen LogP contribution in [-0.4, -0.2) is 25.5 Å². The molecule has 2 aliphatic rings. The lowest BCUT2D eigenvalue weighted by atomic mass is 9.93. The number of hydrogen-bond donors (Lipinski definition) is 1. The predicted octanol–water partition coefficient (Wildman–Crippen LogP) is 6.03. The number of rotatable bonds is 5. The van der Waals surface area contributed by atoms with Gasteiger partial charge in [-0.15, -0.1) is 0 Å². The van der Waals surface area contributed by atoms with Crippen molar-refractivity contribution in [1.29, 1.82) is 0 Å². The first-order valence-electron chi connectivity index (χ1n) is 12.4. The number of nitrogens with zero attached hydrogens (tertiary/aromatic N) is 1. The van der Waals surface area contributed by atoms with Gasteiger partial charge in [0.15, 0.2) is 4.91 Å². The van der Waals surface area contributed by atoms with Crippen LogP contribution >= 0.6 is 0 Å². The molecule has 0 bridgehead atoms. The Hall–Kier alpha value is -3.58. The van der Waals surface area contributed by atoms with E-state index in [2.05, 4.69) is 5.32 Å². The first-order valence-corrected chi connectivity index (χ1v) is 13.9. The Kier molecular flexibility index (Phi) is 6.15. The van der Waals surface area contributed by atoms with E-state index in [0.717, 1.165) is 16.7 Å². The molecular formula is C30H32N2O4S. The summed E-state index contributed by atoms with van der Waals surface area (Å²) >= 11 is 0. The first kappa shape index (κ1) is 25.1. The fourth-order valence-corrected chi connectivity index (χ4v) is 6.29. The molecular weight excluding hydrogens is 484 g/mol. The highest BCUT2D eigenvalue weighted by atomic mass is 32.2. The predicted molar refractivity (Wildman–Crippen MR) is 145 cm³/mol. The molecule has 1 saturated heterocycles. The summed E-state index contributed by atoms with van der Waals surface area (Å²) in [5, 5.41) is 3.36. The molecule has 0 radical (unpaired) electrons. The summed E-state index contributed by atoms with van der Waals surface area (Å²) in [4.78, 5) is 4.91. The number of aliphatic imine (C=N–C) groups is 1. The number of benzene rings is 3.